The second-order valence-corrected chi connectivity index (χ2v) is 8.00. The van der Waals surface area contributed by atoms with E-state index in [0.717, 1.165) is 24.6 Å². The number of ether oxygens (including phenoxy) is 1. The van der Waals surface area contributed by atoms with E-state index in [9.17, 15) is 4.79 Å². The van der Waals surface area contributed by atoms with Gasteiger partial charge >= 0.3 is 0 Å². The van der Waals surface area contributed by atoms with E-state index >= 15 is 0 Å². The van der Waals surface area contributed by atoms with E-state index in [4.69, 9.17) is 4.74 Å². The molecule has 0 atom stereocenters. The Labute approximate surface area is 162 Å². The number of rotatable bonds is 5. The van der Waals surface area contributed by atoms with Crippen LogP contribution in [0.1, 0.15) is 37.7 Å². The monoisotopic (exact) mass is 372 g/mol. The third kappa shape index (κ3) is 4.93. The summed E-state index contributed by atoms with van der Waals surface area (Å²) < 4.78 is 5.61. The molecule has 1 aliphatic heterocycles. The number of likely N-dealkylation sites (tertiary alicyclic amines) is 1. The van der Waals surface area contributed by atoms with Gasteiger partial charge in [-0.1, -0.05) is 25.0 Å². The lowest BCUT2D eigenvalue weighted by Gasteiger charge is -2.26. The molecule has 27 heavy (non-hydrogen) atoms. The van der Waals surface area contributed by atoms with Gasteiger partial charge in [-0.3, -0.25) is 9.79 Å². The number of amides is 1. The van der Waals surface area contributed by atoms with Gasteiger partial charge in [0.2, 0.25) is 0 Å². The number of nitrogens with zero attached hydrogens (tertiary/aromatic N) is 3. The molecule has 1 heterocycles. The highest BCUT2D eigenvalue weighted by atomic mass is 16.5. The maximum atomic E-state index is 11.7. The number of carbonyl (C=O) groups excluding carboxylic acids is 1. The molecule has 1 aromatic carbocycles. The van der Waals surface area contributed by atoms with E-state index in [0.29, 0.717) is 17.7 Å². The summed E-state index contributed by atoms with van der Waals surface area (Å²) in [7, 11) is 5.31. The van der Waals surface area contributed by atoms with E-state index in [1.807, 2.05) is 25.2 Å². The Morgan fingerprint density at radius 2 is 2.07 bits per heavy atom. The quantitative estimate of drug-likeness (QED) is 0.637. The second-order valence-electron chi connectivity index (χ2n) is 8.00. The van der Waals surface area contributed by atoms with E-state index in [1.165, 1.54) is 37.0 Å². The van der Waals surface area contributed by atoms with Gasteiger partial charge in [-0.05, 0) is 42.4 Å². The standard InChI is InChI=1S/C21H32N4O2/c1-22-20(25-12-11-21(16-25)9-4-5-10-21)23-14-17-7-6-8-18(13-17)27-15-19(26)24(2)3/h6-8,13H,4-5,9-12,14-16H2,1-3H3,(H,22,23). The molecule has 1 saturated heterocycles. The van der Waals surface area contributed by atoms with Crippen LogP contribution in [0, 0.1) is 5.41 Å². The number of likely N-dealkylation sites (N-methyl/N-ethyl adjacent to an activating group) is 1. The van der Waals surface area contributed by atoms with Crippen molar-refractivity contribution in [3.63, 3.8) is 0 Å². The Kier molecular flexibility index (Phi) is 6.24. The maximum absolute atomic E-state index is 11.7. The van der Waals surface area contributed by atoms with Crippen molar-refractivity contribution in [3.8, 4) is 5.75 Å². The molecule has 3 rings (SSSR count). The molecular weight excluding hydrogens is 340 g/mol. The molecular formula is C21H32N4O2. The highest BCUT2D eigenvalue weighted by Gasteiger charge is 2.41. The number of hydrogen-bond acceptors (Lipinski definition) is 3. The first-order valence-corrected chi connectivity index (χ1v) is 9.89. The van der Waals surface area contributed by atoms with Crippen LogP contribution in [0.5, 0.6) is 5.75 Å². The van der Waals surface area contributed by atoms with Crippen LogP contribution in [0.15, 0.2) is 29.3 Å². The Morgan fingerprint density at radius 1 is 1.30 bits per heavy atom. The van der Waals surface area contributed by atoms with Crippen molar-refractivity contribution >= 4 is 11.9 Å². The van der Waals surface area contributed by atoms with Gasteiger partial charge in [0.05, 0.1) is 0 Å². The zero-order chi connectivity index (χ0) is 19.3. The lowest BCUT2D eigenvalue weighted by molar-refractivity contribution is -0.130. The summed E-state index contributed by atoms with van der Waals surface area (Å²) in [6, 6.07) is 7.87. The second kappa shape index (κ2) is 8.63. The lowest BCUT2D eigenvalue weighted by Crippen LogP contribution is -2.40. The molecule has 0 radical (unpaired) electrons. The minimum atomic E-state index is -0.0474. The van der Waals surface area contributed by atoms with Crippen LogP contribution in [-0.2, 0) is 11.3 Å². The van der Waals surface area contributed by atoms with E-state index in [2.05, 4.69) is 21.3 Å². The number of nitrogens with one attached hydrogen (secondary N) is 1. The molecule has 2 aliphatic rings. The third-order valence-corrected chi connectivity index (χ3v) is 5.82. The maximum Gasteiger partial charge on any atom is 0.259 e. The molecule has 6 heteroatoms. The summed E-state index contributed by atoms with van der Waals surface area (Å²) >= 11 is 0. The highest BCUT2D eigenvalue weighted by molar-refractivity contribution is 5.80. The molecule has 2 fully saturated rings. The predicted molar refractivity (Wildman–Crippen MR) is 108 cm³/mol. The number of benzene rings is 1. The zero-order valence-corrected chi connectivity index (χ0v) is 16.8. The number of guanidine groups is 1. The molecule has 1 amide bonds. The molecule has 148 valence electrons. The van der Waals surface area contributed by atoms with E-state index in [1.54, 1.807) is 14.1 Å². The van der Waals surface area contributed by atoms with Crippen molar-refractivity contribution in [1.82, 2.24) is 15.1 Å². The summed E-state index contributed by atoms with van der Waals surface area (Å²) in [6.45, 7) is 2.97. The predicted octanol–water partition coefficient (Wildman–Crippen LogP) is 2.50. The zero-order valence-electron chi connectivity index (χ0n) is 16.8. The fraction of sp³-hybridized carbons (Fsp3) is 0.619. The molecule has 1 N–H and O–H groups in total. The largest absolute Gasteiger partial charge is 0.484 e. The Hall–Kier alpha value is -2.24. The van der Waals surface area contributed by atoms with Crippen LogP contribution in [0.2, 0.25) is 0 Å². The van der Waals surface area contributed by atoms with Gasteiger partial charge in [0.15, 0.2) is 12.6 Å². The van der Waals surface area contributed by atoms with Crippen LogP contribution in [0.25, 0.3) is 0 Å². The van der Waals surface area contributed by atoms with Crippen LogP contribution in [0.3, 0.4) is 0 Å². The van der Waals surface area contributed by atoms with Crippen LogP contribution >= 0.6 is 0 Å². The van der Waals surface area contributed by atoms with Gasteiger partial charge in [-0.2, -0.15) is 0 Å². The van der Waals surface area contributed by atoms with Crippen LogP contribution in [-0.4, -0.2) is 62.5 Å². The average Bonchev–Trinajstić information content (AvgIpc) is 3.30. The van der Waals surface area contributed by atoms with Gasteiger partial charge < -0.3 is 19.9 Å². The molecule has 1 aliphatic carbocycles. The molecule has 0 unspecified atom stereocenters. The van der Waals surface area contributed by atoms with Crippen LogP contribution in [0.4, 0.5) is 0 Å². The van der Waals surface area contributed by atoms with Crippen molar-refractivity contribution in [1.29, 1.82) is 0 Å². The normalized spacial score (nSPS) is 18.8. The van der Waals surface area contributed by atoms with Crippen molar-refractivity contribution in [3.05, 3.63) is 29.8 Å². The first-order valence-electron chi connectivity index (χ1n) is 9.89. The number of hydrogen-bond donors (Lipinski definition) is 1. The van der Waals surface area contributed by atoms with E-state index in [-0.39, 0.29) is 12.5 Å². The Morgan fingerprint density at radius 3 is 2.78 bits per heavy atom. The van der Waals surface area contributed by atoms with Crippen molar-refractivity contribution < 1.29 is 9.53 Å². The average molecular weight is 373 g/mol. The van der Waals surface area contributed by atoms with Gasteiger partial charge in [0.1, 0.15) is 5.75 Å². The van der Waals surface area contributed by atoms with Gasteiger partial charge in [0.25, 0.3) is 5.91 Å². The number of carbonyl (C=O) groups is 1. The first kappa shape index (κ1) is 19.5. The van der Waals surface area contributed by atoms with Gasteiger partial charge in [-0.25, -0.2) is 0 Å². The van der Waals surface area contributed by atoms with Crippen molar-refractivity contribution in [2.45, 2.75) is 38.6 Å². The minimum absolute atomic E-state index is 0.0474. The summed E-state index contributed by atoms with van der Waals surface area (Å²) in [5.74, 6) is 1.65. The molecule has 1 saturated carbocycles. The molecule has 1 aromatic rings. The van der Waals surface area contributed by atoms with Crippen molar-refractivity contribution in [2.24, 2.45) is 10.4 Å². The first-order chi connectivity index (χ1) is 13.0. The number of aliphatic imine (C=N–C) groups is 1. The van der Waals surface area contributed by atoms with E-state index < -0.39 is 0 Å². The fourth-order valence-corrected chi connectivity index (χ4v) is 4.18. The van der Waals surface area contributed by atoms with Crippen LogP contribution < -0.4 is 10.1 Å². The summed E-state index contributed by atoms with van der Waals surface area (Å²) in [6.07, 6.45) is 6.78. The molecule has 6 nitrogen and oxygen atoms in total. The molecule has 0 bridgehead atoms. The lowest BCUT2D eigenvalue weighted by atomic mass is 9.86. The van der Waals surface area contributed by atoms with Gasteiger partial charge in [0, 0.05) is 40.8 Å². The Balaban J connectivity index is 1.53. The smallest absolute Gasteiger partial charge is 0.259 e. The SMILES string of the molecule is CN=C(NCc1cccc(OCC(=O)N(C)C)c1)N1CCC2(CCCC2)C1. The summed E-state index contributed by atoms with van der Waals surface area (Å²) in [4.78, 5) is 20.1. The van der Waals surface area contributed by atoms with Gasteiger partial charge in [-0.15, -0.1) is 0 Å². The third-order valence-electron chi connectivity index (χ3n) is 5.82. The summed E-state index contributed by atoms with van der Waals surface area (Å²) in [5, 5.41) is 3.49. The summed E-state index contributed by atoms with van der Waals surface area (Å²) in [5.41, 5.74) is 1.64. The molecule has 0 aromatic heterocycles. The van der Waals surface area contributed by atoms with Crippen molar-refractivity contribution in [2.75, 3.05) is 40.8 Å². The Bertz CT molecular complexity index is 681. The fourth-order valence-electron chi connectivity index (χ4n) is 4.18. The topological polar surface area (TPSA) is 57.2 Å². The molecule has 1 spiro atoms. The minimum Gasteiger partial charge on any atom is -0.484 e. The highest BCUT2D eigenvalue weighted by Crippen LogP contribution is 2.45.